The molecule has 57 heavy (non-hydrogen) atoms. The Kier molecular flexibility index (Phi) is 21.8. The van der Waals surface area contributed by atoms with Gasteiger partial charge < -0.3 is 29.6 Å². The number of hydrogen-bond acceptors (Lipinski definition) is 10. The van der Waals surface area contributed by atoms with E-state index in [-0.39, 0.29) is 48.9 Å². The van der Waals surface area contributed by atoms with Crippen LogP contribution in [0.15, 0.2) is 60.7 Å². The first-order chi connectivity index (χ1) is 27.3. The van der Waals surface area contributed by atoms with Gasteiger partial charge in [0.2, 0.25) is 0 Å². The first-order valence-corrected chi connectivity index (χ1v) is 19.9. The van der Waals surface area contributed by atoms with Crippen molar-refractivity contribution in [1.82, 2.24) is 9.57 Å². The molecule has 0 bridgehead atoms. The van der Waals surface area contributed by atoms with Gasteiger partial charge >= 0.3 is 0 Å². The van der Waals surface area contributed by atoms with E-state index < -0.39 is 35.1 Å². The molecule has 20 heteroatoms. The van der Waals surface area contributed by atoms with Crippen molar-refractivity contribution in [2.75, 3.05) is 77.7 Å². The average molecular weight is 1110 g/mol. The van der Waals surface area contributed by atoms with Gasteiger partial charge in [0.25, 0.3) is 11.8 Å². The van der Waals surface area contributed by atoms with Crippen LogP contribution >= 0.6 is 72.9 Å². The van der Waals surface area contributed by atoms with Gasteiger partial charge in [-0.25, -0.2) is 23.0 Å². The molecule has 0 aliphatic heterocycles. The van der Waals surface area contributed by atoms with E-state index in [2.05, 4.69) is 77.4 Å². The van der Waals surface area contributed by atoms with Crippen LogP contribution in [0.2, 0.25) is 5.02 Å². The van der Waals surface area contributed by atoms with Crippen molar-refractivity contribution in [2.45, 2.75) is 6.92 Å². The summed E-state index contributed by atoms with van der Waals surface area (Å²) in [7, 11) is 3.11. The molecule has 0 spiro atoms. The van der Waals surface area contributed by atoms with E-state index in [9.17, 15) is 27.2 Å². The van der Waals surface area contributed by atoms with Gasteiger partial charge in [0.15, 0.2) is 23.3 Å². The molecule has 4 rings (SSSR count). The third-order valence-electron chi connectivity index (χ3n) is 7.25. The summed E-state index contributed by atoms with van der Waals surface area (Å²) in [5, 5.41) is 5.80. The number of nitrogens with zero attached hydrogens (tertiary/aromatic N) is 1. The van der Waals surface area contributed by atoms with E-state index in [0.717, 1.165) is 35.0 Å². The van der Waals surface area contributed by atoms with E-state index in [1.165, 1.54) is 6.07 Å². The van der Waals surface area contributed by atoms with Crippen LogP contribution in [-0.2, 0) is 28.6 Å². The number of carbonyl (C=O) groups excluding carboxylic acids is 2. The standard InChI is InChI=1S/C19H20BrF2IN2O4.C18H18ClF2IN2O4/c1-12-11-13(23)3-6-16(12)24-18-14(4-5-15(21)17(18)22)19(26)25(20)29-10-9-28-8-7-27-2;1-26-6-7-27-8-9-28-24-18(25)12-3-4-14(20)16(21)17(12)23-15-5-2-11(22)10-13(15)19/h3-6,11,24H,7-10H2,1-2H3;2-5,10,23H,6-9H2,1H3,(H,24,25). The number of ether oxygens (including phenoxy) is 4. The van der Waals surface area contributed by atoms with E-state index in [1.807, 2.05) is 19.1 Å². The number of amides is 2. The molecule has 0 unspecified atom stereocenters. The quantitative estimate of drug-likeness (QED) is 0.0259. The van der Waals surface area contributed by atoms with Crippen LogP contribution in [0.3, 0.4) is 0 Å². The lowest BCUT2D eigenvalue weighted by molar-refractivity contribution is -0.0697. The number of anilines is 4. The van der Waals surface area contributed by atoms with Gasteiger partial charge in [-0.1, -0.05) is 11.6 Å². The number of nitrogens with one attached hydrogen (secondary N) is 3. The Morgan fingerprint density at radius 2 is 1.21 bits per heavy atom. The van der Waals surface area contributed by atoms with Crippen molar-refractivity contribution >= 4 is 107 Å². The molecule has 2 amide bonds. The van der Waals surface area contributed by atoms with Crippen molar-refractivity contribution in [3.05, 3.63) is 113 Å². The maximum Gasteiger partial charge on any atom is 0.290 e. The van der Waals surface area contributed by atoms with Crippen LogP contribution in [0.5, 0.6) is 0 Å². The molecular weight excluding hydrogens is 1070 g/mol. The highest BCUT2D eigenvalue weighted by atomic mass is 127. The SMILES string of the molecule is COCCOCCON(Br)C(=O)c1ccc(F)c(F)c1Nc1ccc(I)cc1C.COCCOCCONC(=O)c1ccc(F)c(F)c1Nc1ccc(I)cc1Cl. The van der Waals surface area contributed by atoms with E-state index in [0.29, 0.717) is 42.8 Å². The Hall–Kier alpha value is -2.87. The zero-order valence-corrected chi connectivity index (χ0v) is 37.3. The van der Waals surface area contributed by atoms with Crippen molar-refractivity contribution in [1.29, 1.82) is 0 Å². The van der Waals surface area contributed by atoms with Gasteiger partial charge in [-0.2, -0.15) is 0 Å². The molecule has 0 aromatic heterocycles. The molecule has 12 nitrogen and oxygen atoms in total. The second-order valence-electron chi connectivity index (χ2n) is 11.3. The van der Waals surface area contributed by atoms with E-state index >= 15 is 0 Å². The number of hydroxylamine groups is 2. The van der Waals surface area contributed by atoms with E-state index in [4.69, 9.17) is 40.2 Å². The largest absolute Gasteiger partial charge is 0.382 e. The molecule has 0 saturated carbocycles. The number of hydrogen-bond donors (Lipinski definition) is 3. The van der Waals surface area contributed by atoms with Crippen LogP contribution in [0.25, 0.3) is 0 Å². The first kappa shape index (κ1) is 48.5. The third kappa shape index (κ3) is 15.7. The highest BCUT2D eigenvalue weighted by molar-refractivity contribution is 14.1. The fraction of sp³-hybridized carbons (Fsp3) is 0.297. The van der Waals surface area contributed by atoms with Gasteiger partial charge in [0.05, 0.1) is 102 Å². The third-order valence-corrected chi connectivity index (χ3v) is 9.44. The second kappa shape index (κ2) is 25.6. The topological polar surface area (TPSA) is 129 Å². The summed E-state index contributed by atoms with van der Waals surface area (Å²) in [6.45, 7) is 4.09. The molecule has 0 fully saturated rings. The normalized spacial score (nSPS) is 10.8. The zero-order valence-electron chi connectivity index (χ0n) is 30.7. The van der Waals surface area contributed by atoms with Crippen LogP contribution in [-0.4, -0.2) is 83.0 Å². The number of aryl methyl sites for hydroxylation is 1. The maximum absolute atomic E-state index is 14.5. The average Bonchev–Trinajstić information content (AvgIpc) is 3.18. The molecule has 0 atom stereocenters. The molecule has 0 saturated heterocycles. The Labute approximate surface area is 367 Å². The second-order valence-corrected chi connectivity index (χ2v) is 14.8. The predicted molar refractivity (Wildman–Crippen MR) is 227 cm³/mol. The lowest BCUT2D eigenvalue weighted by atomic mass is 10.1. The summed E-state index contributed by atoms with van der Waals surface area (Å²) >= 11 is 13.3. The first-order valence-electron chi connectivity index (χ1n) is 16.7. The van der Waals surface area contributed by atoms with Crippen molar-refractivity contribution in [3.8, 4) is 0 Å². The number of methoxy groups -OCH3 is 2. The molecule has 4 aromatic rings. The van der Waals surface area contributed by atoms with Gasteiger partial charge in [-0.05, 0) is 118 Å². The molecule has 310 valence electrons. The molecular formula is C37H38BrClF4I2N4O8. The molecule has 0 radical (unpaired) electrons. The van der Waals surface area contributed by atoms with Gasteiger partial charge in [-0.3, -0.25) is 19.3 Å². The Bertz CT molecular complexity index is 1960. The van der Waals surface area contributed by atoms with Crippen LogP contribution in [0.1, 0.15) is 26.3 Å². The Morgan fingerprint density at radius 1 is 0.702 bits per heavy atom. The monoisotopic (exact) mass is 1110 g/mol. The van der Waals surface area contributed by atoms with E-state index in [1.54, 1.807) is 38.5 Å². The fourth-order valence-corrected chi connectivity index (χ4v) is 6.32. The Balaban J connectivity index is 0.000000306. The highest BCUT2D eigenvalue weighted by Crippen LogP contribution is 2.32. The zero-order chi connectivity index (χ0) is 41.9. The lowest BCUT2D eigenvalue weighted by Crippen LogP contribution is -2.27. The smallest absolute Gasteiger partial charge is 0.290 e. The van der Waals surface area contributed by atoms with Crippen LogP contribution in [0.4, 0.5) is 40.3 Å². The summed E-state index contributed by atoms with van der Waals surface area (Å²) in [6.07, 6.45) is 0. The molecule has 4 aromatic carbocycles. The van der Waals surface area contributed by atoms with Gasteiger partial charge in [-0.15, -0.1) is 4.09 Å². The van der Waals surface area contributed by atoms with Gasteiger partial charge in [0.1, 0.15) is 0 Å². The van der Waals surface area contributed by atoms with Gasteiger partial charge in [0, 0.05) is 27.0 Å². The molecule has 0 aliphatic carbocycles. The number of carbonyl (C=O) groups is 2. The minimum Gasteiger partial charge on any atom is -0.382 e. The summed E-state index contributed by atoms with van der Waals surface area (Å²) in [5.41, 5.74) is 3.01. The molecule has 0 heterocycles. The number of halogens is 8. The Morgan fingerprint density at radius 3 is 1.79 bits per heavy atom. The number of rotatable bonds is 20. The predicted octanol–water partition coefficient (Wildman–Crippen LogP) is 9.26. The minimum absolute atomic E-state index is 0.0728. The number of benzene rings is 4. The van der Waals surface area contributed by atoms with Crippen LogP contribution < -0.4 is 16.1 Å². The maximum atomic E-state index is 14.5. The fourth-order valence-electron chi connectivity index (χ4n) is 4.43. The molecule has 3 N–H and O–H groups in total. The highest BCUT2D eigenvalue weighted by Gasteiger charge is 2.24. The van der Waals surface area contributed by atoms with Crippen molar-refractivity contribution in [3.63, 3.8) is 0 Å². The summed E-state index contributed by atoms with van der Waals surface area (Å²) in [4.78, 5) is 35.3. The summed E-state index contributed by atoms with van der Waals surface area (Å²) in [6, 6.07) is 14.5. The summed E-state index contributed by atoms with van der Waals surface area (Å²) in [5.74, 6) is -5.98. The minimum atomic E-state index is -1.20. The van der Waals surface area contributed by atoms with Crippen molar-refractivity contribution < 1.29 is 55.8 Å². The van der Waals surface area contributed by atoms with Crippen LogP contribution in [0, 0.1) is 37.3 Å². The lowest BCUT2D eigenvalue weighted by Gasteiger charge is -2.18. The summed E-state index contributed by atoms with van der Waals surface area (Å²) < 4.78 is 79.1. The van der Waals surface area contributed by atoms with Crippen molar-refractivity contribution in [2.24, 2.45) is 0 Å². The molecule has 0 aliphatic rings.